The molecule has 0 heterocycles. The topological polar surface area (TPSA) is 58.2 Å². The van der Waals surface area contributed by atoms with Crippen LogP contribution in [0.3, 0.4) is 0 Å². The molecule has 0 fully saturated rings. The van der Waals surface area contributed by atoms with Gasteiger partial charge in [0, 0.05) is 5.69 Å². The van der Waals surface area contributed by atoms with Crippen molar-refractivity contribution in [1.29, 1.82) is 0 Å². The first-order valence-electron chi connectivity index (χ1n) is 10.4. The Bertz CT molecular complexity index is 1220. The number of amides is 2. The molecule has 0 spiro atoms. The molecule has 0 bridgehead atoms. The molecule has 0 atom stereocenters. The second-order valence-corrected chi connectivity index (χ2v) is 7.87. The SMILES string of the molecule is O=C(Cc1ccc2c(c1)CCC2)Nc1ccc(NC(=O)c2ccccc2F)cc1C(F)(F)F. The third kappa shape index (κ3) is 5.22. The van der Waals surface area contributed by atoms with Crippen molar-refractivity contribution in [1.82, 2.24) is 0 Å². The van der Waals surface area contributed by atoms with Crippen LogP contribution in [0.2, 0.25) is 0 Å². The van der Waals surface area contributed by atoms with Crippen molar-refractivity contribution in [3.05, 3.63) is 94.3 Å². The van der Waals surface area contributed by atoms with Gasteiger partial charge in [0.1, 0.15) is 5.82 Å². The Kier molecular flexibility index (Phi) is 6.18. The lowest BCUT2D eigenvalue weighted by molar-refractivity contribution is -0.136. The number of benzene rings is 3. The molecule has 8 heteroatoms. The molecule has 0 radical (unpaired) electrons. The average molecular weight is 456 g/mol. The zero-order valence-electron chi connectivity index (χ0n) is 17.4. The second-order valence-electron chi connectivity index (χ2n) is 7.87. The molecule has 1 aliphatic rings. The number of anilines is 2. The van der Waals surface area contributed by atoms with E-state index < -0.39 is 35.1 Å². The number of carbonyl (C=O) groups is 2. The Hall–Kier alpha value is -3.68. The minimum absolute atomic E-state index is 0.0592. The molecule has 170 valence electrons. The van der Waals surface area contributed by atoms with Crippen LogP contribution < -0.4 is 10.6 Å². The van der Waals surface area contributed by atoms with E-state index in [9.17, 15) is 27.2 Å². The van der Waals surface area contributed by atoms with Crippen molar-refractivity contribution in [2.24, 2.45) is 0 Å². The van der Waals surface area contributed by atoms with Gasteiger partial charge in [-0.25, -0.2) is 4.39 Å². The Labute approximate surface area is 187 Å². The highest BCUT2D eigenvalue weighted by atomic mass is 19.4. The number of fused-ring (bicyclic) bond motifs is 1. The summed E-state index contributed by atoms with van der Waals surface area (Å²) in [5, 5.41) is 4.59. The number of hydrogen-bond donors (Lipinski definition) is 2. The minimum Gasteiger partial charge on any atom is -0.325 e. The number of rotatable bonds is 5. The van der Waals surface area contributed by atoms with E-state index in [-0.39, 0.29) is 17.7 Å². The van der Waals surface area contributed by atoms with Gasteiger partial charge in [0.15, 0.2) is 0 Å². The largest absolute Gasteiger partial charge is 0.418 e. The highest BCUT2D eigenvalue weighted by molar-refractivity contribution is 6.04. The van der Waals surface area contributed by atoms with Gasteiger partial charge in [0.2, 0.25) is 5.91 Å². The van der Waals surface area contributed by atoms with E-state index in [1.54, 1.807) is 0 Å². The van der Waals surface area contributed by atoms with Crippen molar-refractivity contribution < 1.29 is 27.2 Å². The molecular weight excluding hydrogens is 436 g/mol. The molecule has 0 saturated heterocycles. The molecule has 3 aromatic rings. The maximum Gasteiger partial charge on any atom is 0.418 e. The van der Waals surface area contributed by atoms with Crippen molar-refractivity contribution in [2.75, 3.05) is 10.6 Å². The van der Waals surface area contributed by atoms with E-state index in [4.69, 9.17) is 0 Å². The highest BCUT2D eigenvalue weighted by Gasteiger charge is 2.34. The van der Waals surface area contributed by atoms with Gasteiger partial charge < -0.3 is 10.6 Å². The van der Waals surface area contributed by atoms with E-state index in [1.807, 2.05) is 18.2 Å². The smallest absolute Gasteiger partial charge is 0.325 e. The summed E-state index contributed by atoms with van der Waals surface area (Å²) >= 11 is 0. The molecule has 1 aliphatic carbocycles. The first-order chi connectivity index (χ1) is 15.7. The van der Waals surface area contributed by atoms with Crippen molar-refractivity contribution in [2.45, 2.75) is 31.9 Å². The molecule has 4 nitrogen and oxygen atoms in total. The van der Waals surface area contributed by atoms with E-state index in [2.05, 4.69) is 10.6 Å². The van der Waals surface area contributed by atoms with Gasteiger partial charge in [-0.1, -0.05) is 30.3 Å². The summed E-state index contributed by atoms with van der Waals surface area (Å²) in [5.74, 6) is -2.25. The summed E-state index contributed by atoms with van der Waals surface area (Å²) < 4.78 is 54.8. The average Bonchev–Trinajstić information content (AvgIpc) is 3.22. The predicted octanol–water partition coefficient (Wildman–Crippen LogP) is 5.77. The van der Waals surface area contributed by atoms with Crippen LogP contribution in [-0.4, -0.2) is 11.8 Å². The number of alkyl halides is 3. The lowest BCUT2D eigenvalue weighted by atomic mass is 10.0. The molecule has 0 aromatic heterocycles. The van der Waals surface area contributed by atoms with Crippen molar-refractivity contribution in [3.63, 3.8) is 0 Å². The third-order valence-corrected chi connectivity index (χ3v) is 5.50. The Morgan fingerprint density at radius 3 is 2.39 bits per heavy atom. The second kappa shape index (κ2) is 9.05. The number of carbonyl (C=O) groups excluding carboxylic acids is 2. The van der Waals surface area contributed by atoms with Crippen LogP contribution >= 0.6 is 0 Å². The Balaban J connectivity index is 1.51. The van der Waals surface area contributed by atoms with Gasteiger partial charge in [-0.05, 0) is 66.3 Å². The van der Waals surface area contributed by atoms with Crippen LogP contribution in [-0.2, 0) is 30.2 Å². The maximum atomic E-state index is 13.8. The molecule has 3 aromatic carbocycles. The minimum atomic E-state index is -4.78. The molecule has 2 amide bonds. The number of nitrogens with one attached hydrogen (secondary N) is 2. The van der Waals surface area contributed by atoms with Crippen molar-refractivity contribution in [3.8, 4) is 0 Å². The van der Waals surface area contributed by atoms with Crippen LogP contribution in [0.5, 0.6) is 0 Å². The zero-order valence-corrected chi connectivity index (χ0v) is 17.4. The van der Waals surface area contributed by atoms with Gasteiger partial charge >= 0.3 is 6.18 Å². The maximum absolute atomic E-state index is 13.8. The summed E-state index contributed by atoms with van der Waals surface area (Å²) in [6.07, 6.45) is -1.86. The van der Waals surface area contributed by atoms with Gasteiger partial charge in [-0.2, -0.15) is 13.2 Å². The normalized spacial score (nSPS) is 12.8. The molecule has 33 heavy (non-hydrogen) atoms. The summed E-state index contributed by atoms with van der Waals surface area (Å²) in [6.45, 7) is 0. The van der Waals surface area contributed by atoms with Gasteiger partial charge in [-0.3, -0.25) is 9.59 Å². The van der Waals surface area contributed by atoms with Crippen LogP contribution in [0, 0.1) is 5.82 Å². The summed E-state index contributed by atoms with van der Waals surface area (Å²) in [6, 6.07) is 13.8. The number of hydrogen-bond acceptors (Lipinski definition) is 2. The zero-order chi connectivity index (χ0) is 23.6. The molecule has 0 aliphatic heterocycles. The Morgan fingerprint density at radius 1 is 0.879 bits per heavy atom. The Morgan fingerprint density at radius 2 is 1.64 bits per heavy atom. The van der Waals surface area contributed by atoms with Crippen LogP contribution in [0.1, 0.15) is 39.0 Å². The van der Waals surface area contributed by atoms with Crippen LogP contribution in [0.4, 0.5) is 28.9 Å². The lowest BCUT2D eigenvalue weighted by Gasteiger charge is -2.16. The number of aryl methyl sites for hydroxylation is 2. The molecule has 2 N–H and O–H groups in total. The highest BCUT2D eigenvalue weighted by Crippen LogP contribution is 2.37. The van der Waals surface area contributed by atoms with Gasteiger partial charge in [0.25, 0.3) is 5.91 Å². The summed E-state index contributed by atoms with van der Waals surface area (Å²) in [4.78, 5) is 24.7. The third-order valence-electron chi connectivity index (χ3n) is 5.50. The summed E-state index contributed by atoms with van der Waals surface area (Å²) in [7, 11) is 0. The fraction of sp³-hybridized carbons (Fsp3) is 0.200. The first-order valence-corrected chi connectivity index (χ1v) is 10.4. The van der Waals surface area contributed by atoms with Crippen LogP contribution in [0.15, 0.2) is 60.7 Å². The monoisotopic (exact) mass is 456 g/mol. The molecule has 4 rings (SSSR count). The van der Waals surface area contributed by atoms with Gasteiger partial charge in [-0.15, -0.1) is 0 Å². The fourth-order valence-electron chi connectivity index (χ4n) is 3.92. The number of halogens is 4. The van der Waals surface area contributed by atoms with E-state index >= 15 is 0 Å². The standard InChI is InChI=1S/C25H20F4N2O2/c26-21-7-2-1-6-19(21)24(33)30-18-10-11-22(20(14-18)25(27,28)29)31-23(32)13-15-8-9-16-4-3-5-17(16)12-15/h1-2,6-12,14H,3-5,13H2,(H,30,33)(H,31,32). The van der Waals surface area contributed by atoms with Crippen molar-refractivity contribution >= 4 is 23.2 Å². The summed E-state index contributed by atoms with van der Waals surface area (Å²) in [5.41, 5.74) is 1.15. The van der Waals surface area contributed by atoms with E-state index in [0.717, 1.165) is 37.0 Å². The van der Waals surface area contributed by atoms with E-state index in [0.29, 0.717) is 6.07 Å². The molecule has 0 unspecified atom stereocenters. The predicted molar refractivity (Wildman–Crippen MR) is 117 cm³/mol. The molecule has 0 saturated carbocycles. The van der Waals surface area contributed by atoms with Gasteiger partial charge in [0.05, 0.1) is 23.2 Å². The lowest BCUT2D eigenvalue weighted by Crippen LogP contribution is -2.19. The van der Waals surface area contributed by atoms with E-state index in [1.165, 1.54) is 35.4 Å². The van der Waals surface area contributed by atoms with Crippen LogP contribution in [0.25, 0.3) is 0 Å². The fourth-order valence-corrected chi connectivity index (χ4v) is 3.92. The molecular formula is C25H20F4N2O2. The first kappa shape index (κ1) is 22.5. The quantitative estimate of drug-likeness (QED) is 0.479.